The Morgan fingerprint density at radius 3 is 2.00 bits per heavy atom. The fourth-order valence-electron chi connectivity index (χ4n) is 0. The average molecular weight is 284 g/mol. The van der Waals surface area contributed by atoms with E-state index in [0.29, 0.717) is 6.54 Å². The van der Waals surface area contributed by atoms with Crippen LogP contribution in [0.4, 0.5) is 0 Å². The first-order valence-corrected chi connectivity index (χ1v) is 1.65. The standard InChI is InChI=1S/C3H9NO.Bi/c1-3(5)2-4;/h3,5H,2,4H2,1H3;. The molecule has 0 saturated heterocycles. The number of hydrogen-bond donors (Lipinski definition) is 2. The van der Waals surface area contributed by atoms with Crippen LogP contribution < -0.4 is 5.73 Å². The van der Waals surface area contributed by atoms with Crippen molar-refractivity contribution in [3.63, 3.8) is 0 Å². The van der Waals surface area contributed by atoms with Gasteiger partial charge in [-0.05, 0) is 6.92 Å². The maximum absolute atomic E-state index is 8.24. The van der Waals surface area contributed by atoms with Gasteiger partial charge in [0.2, 0.25) is 0 Å². The van der Waals surface area contributed by atoms with Crippen molar-refractivity contribution in [1.82, 2.24) is 0 Å². The van der Waals surface area contributed by atoms with Gasteiger partial charge in [-0.1, -0.05) is 0 Å². The molecule has 1 unspecified atom stereocenters. The molecule has 0 aromatic rings. The minimum Gasteiger partial charge on any atom is -0.392 e. The van der Waals surface area contributed by atoms with E-state index in [-0.39, 0.29) is 32.3 Å². The maximum Gasteiger partial charge on any atom is 0.0634 e. The van der Waals surface area contributed by atoms with Gasteiger partial charge in [-0.25, -0.2) is 0 Å². The summed E-state index contributed by atoms with van der Waals surface area (Å²) in [6.07, 6.45) is -0.338. The molecule has 0 amide bonds. The summed E-state index contributed by atoms with van der Waals surface area (Å²) in [4.78, 5) is 0. The number of aliphatic hydroxyl groups is 1. The molecule has 0 saturated carbocycles. The van der Waals surface area contributed by atoms with Crippen molar-refractivity contribution >= 4 is 26.2 Å². The first-order chi connectivity index (χ1) is 2.27. The SMILES string of the molecule is CC(O)CN.[Bi]. The molecular weight excluding hydrogens is 275 g/mol. The third kappa shape index (κ3) is 8.84. The summed E-state index contributed by atoms with van der Waals surface area (Å²) in [6.45, 7) is 2.01. The molecule has 3 N–H and O–H groups in total. The molecule has 6 heavy (non-hydrogen) atoms. The van der Waals surface area contributed by atoms with Gasteiger partial charge in [0.25, 0.3) is 0 Å². The van der Waals surface area contributed by atoms with Crippen molar-refractivity contribution in [2.45, 2.75) is 13.0 Å². The third-order valence-corrected chi connectivity index (χ3v) is 0.341. The van der Waals surface area contributed by atoms with Crippen LogP contribution in [0.5, 0.6) is 0 Å². The molecule has 0 rings (SSSR count). The smallest absolute Gasteiger partial charge is 0.0634 e. The molecule has 0 bridgehead atoms. The number of aliphatic hydroxyl groups excluding tert-OH is 1. The first-order valence-electron chi connectivity index (χ1n) is 1.65. The van der Waals surface area contributed by atoms with E-state index in [1.807, 2.05) is 0 Å². The maximum atomic E-state index is 8.24. The van der Waals surface area contributed by atoms with Crippen molar-refractivity contribution in [2.75, 3.05) is 6.54 Å². The quantitative estimate of drug-likeness (QED) is 0.603. The zero-order valence-electron chi connectivity index (χ0n) is 3.76. The van der Waals surface area contributed by atoms with Gasteiger partial charge >= 0.3 is 0 Å². The Morgan fingerprint density at radius 1 is 1.83 bits per heavy atom. The number of rotatable bonds is 1. The van der Waals surface area contributed by atoms with Crippen LogP contribution in [0.15, 0.2) is 0 Å². The second-order valence-corrected chi connectivity index (χ2v) is 1.08. The Morgan fingerprint density at radius 2 is 2.00 bits per heavy atom. The fraction of sp³-hybridized carbons (Fsp3) is 1.00. The molecule has 0 aliphatic rings. The van der Waals surface area contributed by atoms with E-state index in [2.05, 4.69) is 0 Å². The molecule has 3 radical (unpaired) electrons. The van der Waals surface area contributed by atoms with E-state index in [0.717, 1.165) is 0 Å². The topological polar surface area (TPSA) is 46.2 Å². The van der Waals surface area contributed by atoms with Crippen molar-refractivity contribution < 1.29 is 5.11 Å². The van der Waals surface area contributed by atoms with Crippen LogP contribution in [-0.4, -0.2) is 44.0 Å². The summed E-state index contributed by atoms with van der Waals surface area (Å²) in [7, 11) is 0. The zero-order chi connectivity index (χ0) is 4.28. The minimum absolute atomic E-state index is 0. The van der Waals surface area contributed by atoms with Crippen LogP contribution in [0.2, 0.25) is 0 Å². The van der Waals surface area contributed by atoms with E-state index in [4.69, 9.17) is 10.8 Å². The van der Waals surface area contributed by atoms with E-state index >= 15 is 0 Å². The van der Waals surface area contributed by atoms with Crippen LogP contribution >= 0.6 is 0 Å². The van der Waals surface area contributed by atoms with E-state index in [9.17, 15) is 0 Å². The van der Waals surface area contributed by atoms with Gasteiger partial charge in [0.15, 0.2) is 0 Å². The molecule has 2 nitrogen and oxygen atoms in total. The summed E-state index contributed by atoms with van der Waals surface area (Å²) in [5.74, 6) is 0. The van der Waals surface area contributed by atoms with Gasteiger partial charge < -0.3 is 10.8 Å². The van der Waals surface area contributed by atoms with E-state index in [1.165, 1.54) is 0 Å². The normalized spacial score (nSPS) is 12.5. The van der Waals surface area contributed by atoms with Gasteiger partial charge in [0, 0.05) is 32.7 Å². The van der Waals surface area contributed by atoms with Gasteiger partial charge in [0.05, 0.1) is 6.10 Å². The van der Waals surface area contributed by atoms with E-state index in [1.54, 1.807) is 6.92 Å². The monoisotopic (exact) mass is 284 g/mol. The van der Waals surface area contributed by atoms with Crippen molar-refractivity contribution in [3.05, 3.63) is 0 Å². The van der Waals surface area contributed by atoms with Crippen LogP contribution in [0, 0.1) is 0 Å². The number of nitrogens with two attached hydrogens (primary N) is 1. The molecule has 0 spiro atoms. The summed E-state index contributed by atoms with van der Waals surface area (Å²) in [5.41, 5.74) is 4.92. The Kier molecular flexibility index (Phi) is 9.60. The summed E-state index contributed by atoms with van der Waals surface area (Å²) < 4.78 is 0. The Hall–Kier alpha value is 0.803. The zero-order valence-corrected chi connectivity index (χ0v) is 7.23. The molecule has 0 heterocycles. The third-order valence-electron chi connectivity index (χ3n) is 0.341. The predicted octanol–water partition coefficient (Wildman–Crippen LogP) is -1.05. The van der Waals surface area contributed by atoms with Crippen molar-refractivity contribution in [2.24, 2.45) is 5.73 Å². The van der Waals surface area contributed by atoms with Gasteiger partial charge in [-0.15, -0.1) is 0 Å². The van der Waals surface area contributed by atoms with Crippen LogP contribution in [0.3, 0.4) is 0 Å². The fourth-order valence-corrected chi connectivity index (χ4v) is 0. The molecule has 0 aliphatic heterocycles. The van der Waals surface area contributed by atoms with Gasteiger partial charge in [-0.3, -0.25) is 0 Å². The molecular formula is C3H9BiNO. The Balaban J connectivity index is 0. The first kappa shape index (κ1) is 9.93. The number of hydrogen-bond acceptors (Lipinski definition) is 2. The molecule has 0 aliphatic carbocycles. The molecule has 1 atom stereocenters. The van der Waals surface area contributed by atoms with Gasteiger partial charge in [-0.2, -0.15) is 0 Å². The summed E-state index contributed by atoms with van der Waals surface area (Å²) in [6, 6.07) is 0. The largest absolute Gasteiger partial charge is 0.392 e. The van der Waals surface area contributed by atoms with Crippen LogP contribution in [0.25, 0.3) is 0 Å². The summed E-state index contributed by atoms with van der Waals surface area (Å²) in [5, 5.41) is 8.24. The molecule has 3 heteroatoms. The molecule has 37 valence electrons. The second-order valence-electron chi connectivity index (χ2n) is 1.08. The predicted molar refractivity (Wildman–Crippen MR) is 26.5 cm³/mol. The van der Waals surface area contributed by atoms with Crippen LogP contribution in [-0.2, 0) is 0 Å². The van der Waals surface area contributed by atoms with Gasteiger partial charge in [0.1, 0.15) is 0 Å². The Labute approximate surface area is 56.9 Å². The summed E-state index contributed by atoms with van der Waals surface area (Å²) >= 11 is 0. The van der Waals surface area contributed by atoms with Crippen molar-refractivity contribution in [3.8, 4) is 0 Å². The van der Waals surface area contributed by atoms with Crippen LogP contribution in [0.1, 0.15) is 6.92 Å². The van der Waals surface area contributed by atoms with E-state index < -0.39 is 0 Å². The molecule has 0 aromatic carbocycles. The van der Waals surface area contributed by atoms with Crippen molar-refractivity contribution in [1.29, 1.82) is 0 Å². The Bertz CT molecular complexity index is 24.8. The molecule has 0 aromatic heterocycles. The second kappa shape index (κ2) is 5.80. The molecule has 0 fully saturated rings. The average Bonchev–Trinajstić information content (AvgIpc) is 1.38. The minimum atomic E-state index is -0.338.